The fourth-order valence-electron chi connectivity index (χ4n) is 2.81. The number of fused-ring (bicyclic) bond motifs is 1. The van der Waals surface area contributed by atoms with Gasteiger partial charge in [-0.05, 0) is 36.2 Å². The van der Waals surface area contributed by atoms with Crippen LogP contribution in [0.15, 0.2) is 11.4 Å². The lowest BCUT2D eigenvalue weighted by atomic mass is 9.84. The molecule has 1 aliphatic rings. The molecule has 0 N–H and O–H groups in total. The monoisotopic (exact) mass is 295 g/mol. The Hall–Kier alpha value is -0.710. The molecule has 1 saturated heterocycles. The third kappa shape index (κ3) is 2.91. The minimum atomic E-state index is 0.398. The Labute approximate surface area is 122 Å². The summed E-state index contributed by atoms with van der Waals surface area (Å²) in [5.74, 6) is 0.845. The smallest absolute Gasteiger partial charge is 0.145 e. The molecule has 0 atom stereocenters. The standard InChI is InChI=1S/C14H18ClN3S/c1-14(2)5-3-6-18(9-14)8-11-16-12(15)10-4-7-19-13(10)17-11/h4,7H,3,5-6,8-9H2,1-2H3. The summed E-state index contributed by atoms with van der Waals surface area (Å²) in [5, 5.41) is 3.56. The van der Waals surface area contributed by atoms with Crippen molar-refractivity contribution in [3.63, 3.8) is 0 Å². The van der Waals surface area contributed by atoms with Crippen molar-refractivity contribution in [2.75, 3.05) is 13.1 Å². The van der Waals surface area contributed by atoms with Gasteiger partial charge in [0.1, 0.15) is 15.8 Å². The van der Waals surface area contributed by atoms with Crippen molar-refractivity contribution in [3.05, 3.63) is 22.4 Å². The molecule has 0 bridgehead atoms. The second-order valence-electron chi connectivity index (χ2n) is 6.05. The normalized spacial score (nSPS) is 19.9. The first kappa shape index (κ1) is 13.3. The predicted octanol–water partition coefficient (Wildman–Crippen LogP) is 3.97. The van der Waals surface area contributed by atoms with Gasteiger partial charge in [-0.3, -0.25) is 4.90 Å². The Bertz CT molecular complexity index is 593. The number of likely N-dealkylation sites (tertiary alicyclic amines) is 1. The second-order valence-corrected chi connectivity index (χ2v) is 7.30. The highest BCUT2D eigenvalue weighted by Gasteiger charge is 2.26. The number of piperidine rings is 1. The lowest BCUT2D eigenvalue weighted by molar-refractivity contribution is 0.109. The number of hydrogen-bond donors (Lipinski definition) is 0. The highest BCUT2D eigenvalue weighted by molar-refractivity contribution is 7.16. The molecule has 2 aromatic heterocycles. The topological polar surface area (TPSA) is 29.0 Å². The summed E-state index contributed by atoms with van der Waals surface area (Å²) in [5.41, 5.74) is 0.398. The Morgan fingerprint density at radius 3 is 3.05 bits per heavy atom. The molecule has 0 amide bonds. The van der Waals surface area contributed by atoms with Crippen molar-refractivity contribution in [2.45, 2.75) is 33.2 Å². The maximum Gasteiger partial charge on any atom is 0.145 e. The number of thiophene rings is 1. The van der Waals surface area contributed by atoms with E-state index < -0.39 is 0 Å². The summed E-state index contributed by atoms with van der Waals surface area (Å²) in [6, 6.07) is 1.98. The number of aromatic nitrogens is 2. The maximum absolute atomic E-state index is 6.21. The molecular weight excluding hydrogens is 278 g/mol. The fourth-order valence-corrected chi connectivity index (χ4v) is 3.90. The van der Waals surface area contributed by atoms with Crippen LogP contribution in [-0.2, 0) is 6.54 Å². The lowest BCUT2D eigenvalue weighted by Crippen LogP contribution is -2.39. The van der Waals surface area contributed by atoms with Crippen LogP contribution >= 0.6 is 22.9 Å². The van der Waals surface area contributed by atoms with Crippen molar-refractivity contribution in [2.24, 2.45) is 5.41 Å². The van der Waals surface area contributed by atoms with Gasteiger partial charge < -0.3 is 0 Å². The van der Waals surface area contributed by atoms with Gasteiger partial charge in [0.05, 0.1) is 6.54 Å². The molecule has 3 nitrogen and oxygen atoms in total. The van der Waals surface area contributed by atoms with Crippen molar-refractivity contribution < 1.29 is 0 Å². The summed E-state index contributed by atoms with van der Waals surface area (Å²) >= 11 is 7.84. The second kappa shape index (κ2) is 5.00. The van der Waals surface area contributed by atoms with E-state index in [1.807, 2.05) is 11.4 Å². The predicted molar refractivity (Wildman–Crippen MR) is 80.7 cm³/mol. The Morgan fingerprint density at radius 2 is 2.26 bits per heavy atom. The number of hydrogen-bond acceptors (Lipinski definition) is 4. The highest BCUT2D eigenvalue weighted by Crippen LogP contribution is 2.30. The Morgan fingerprint density at radius 1 is 1.42 bits per heavy atom. The lowest BCUT2D eigenvalue weighted by Gasteiger charge is -2.37. The first-order valence-electron chi connectivity index (χ1n) is 6.65. The van der Waals surface area contributed by atoms with E-state index in [1.54, 1.807) is 11.3 Å². The van der Waals surface area contributed by atoms with Gasteiger partial charge >= 0.3 is 0 Å². The zero-order valence-electron chi connectivity index (χ0n) is 11.3. The molecule has 3 rings (SSSR count). The van der Waals surface area contributed by atoms with E-state index >= 15 is 0 Å². The zero-order chi connectivity index (χ0) is 13.5. The molecule has 2 aromatic rings. The minimum absolute atomic E-state index is 0.398. The summed E-state index contributed by atoms with van der Waals surface area (Å²) in [7, 11) is 0. The van der Waals surface area contributed by atoms with Crippen LogP contribution in [0, 0.1) is 5.41 Å². The first-order valence-corrected chi connectivity index (χ1v) is 7.91. The van der Waals surface area contributed by atoms with Gasteiger partial charge in [-0.25, -0.2) is 9.97 Å². The van der Waals surface area contributed by atoms with Crippen molar-refractivity contribution >= 4 is 33.2 Å². The molecule has 1 fully saturated rings. The summed E-state index contributed by atoms with van der Waals surface area (Å²) < 4.78 is 0. The van der Waals surface area contributed by atoms with Crippen LogP contribution in [0.25, 0.3) is 10.2 Å². The van der Waals surface area contributed by atoms with Crippen LogP contribution in [0.3, 0.4) is 0 Å². The van der Waals surface area contributed by atoms with Gasteiger partial charge in [0, 0.05) is 11.9 Å². The third-order valence-electron chi connectivity index (χ3n) is 3.67. The van der Waals surface area contributed by atoms with Gasteiger partial charge in [-0.15, -0.1) is 11.3 Å². The molecule has 0 spiro atoms. The Kier molecular flexibility index (Phi) is 3.50. The van der Waals surface area contributed by atoms with Gasteiger partial charge in [-0.1, -0.05) is 25.4 Å². The third-order valence-corrected chi connectivity index (χ3v) is 4.76. The molecule has 0 aromatic carbocycles. The molecule has 19 heavy (non-hydrogen) atoms. The van der Waals surface area contributed by atoms with Gasteiger partial charge in [0.25, 0.3) is 0 Å². The summed E-state index contributed by atoms with van der Waals surface area (Å²) in [4.78, 5) is 12.5. The summed E-state index contributed by atoms with van der Waals surface area (Å²) in [6.45, 7) is 7.70. The van der Waals surface area contributed by atoms with Crippen LogP contribution in [-0.4, -0.2) is 28.0 Å². The van der Waals surface area contributed by atoms with E-state index in [0.717, 1.165) is 35.7 Å². The number of halogens is 1. The van der Waals surface area contributed by atoms with E-state index in [-0.39, 0.29) is 0 Å². The van der Waals surface area contributed by atoms with E-state index in [1.165, 1.54) is 12.8 Å². The SMILES string of the molecule is CC1(C)CCCN(Cc2nc(Cl)c3ccsc3n2)C1. The van der Waals surface area contributed by atoms with Gasteiger partial charge in [0.15, 0.2) is 0 Å². The summed E-state index contributed by atoms with van der Waals surface area (Å²) in [6.07, 6.45) is 2.55. The van der Waals surface area contributed by atoms with Gasteiger partial charge in [-0.2, -0.15) is 0 Å². The van der Waals surface area contributed by atoms with Crippen LogP contribution in [0.5, 0.6) is 0 Å². The number of rotatable bonds is 2. The van der Waals surface area contributed by atoms with Crippen LogP contribution < -0.4 is 0 Å². The van der Waals surface area contributed by atoms with E-state index in [2.05, 4.69) is 28.7 Å². The molecule has 5 heteroatoms. The van der Waals surface area contributed by atoms with E-state index in [0.29, 0.717) is 10.6 Å². The highest BCUT2D eigenvalue weighted by atomic mass is 35.5. The van der Waals surface area contributed by atoms with Crippen LogP contribution in [0.2, 0.25) is 5.15 Å². The van der Waals surface area contributed by atoms with Crippen molar-refractivity contribution in [1.29, 1.82) is 0 Å². The molecule has 0 unspecified atom stereocenters. The maximum atomic E-state index is 6.21. The molecule has 0 aliphatic carbocycles. The first-order chi connectivity index (χ1) is 9.03. The zero-order valence-corrected chi connectivity index (χ0v) is 12.9. The molecule has 0 saturated carbocycles. The van der Waals surface area contributed by atoms with Gasteiger partial charge in [0.2, 0.25) is 0 Å². The van der Waals surface area contributed by atoms with Crippen LogP contribution in [0.1, 0.15) is 32.5 Å². The van der Waals surface area contributed by atoms with Crippen molar-refractivity contribution in [1.82, 2.24) is 14.9 Å². The van der Waals surface area contributed by atoms with Crippen LogP contribution in [0.4, 0.5) is 0 Å². The van der Waals surface area contributed by atoms with Crippen molar-refractivity contribution in [3.8, 4) is 0 Å². The number of nitrogens with zero attached hydrogens (tertiary/aromatic N) is 3. The van der Waals surface area contributed by atoms with E-state index in [4.69, 9.17) is 11.6 Å². The molecule has 0 radical (unpaired) electrons. The average Bonchev–Trinajstić information content (AvgIpc) is 2.76. The average molecular weight is 296 g/mol. The van der Waals surface area contributed by atoms with E-state index in [9.17, 15) is 0 Å². The molecule has 3 heterocycles. The Balaban J connectivity index is 1.81. The molecule has 102 valence electrons. The minimum Gasteiger partial charge on any atom is -0.295 e. The fraction of sp³-hybridized carbons (Fsp3) is 0.571. The molecule has 1 aliphatic heterocycles. The molecular formula is C14H18ClN3S. The quantitative estimate of drug-likeness (QED) is 0.785. The largest absolute Gasteiger partial charge is 0.295 e.